The van der Waals surface area contributed by atoms with E-state index in [1.54, 1.807) is 24.3 Å². The normalized spacial score (nSPS) is 11.0. The van der Waals surface area contributed by atoms with E-state index in [2.05, 4.69) is 43.6 Å². The van der Waals surface area contributed by atoms with Gasteiger partial charge in [0.15, 0.2) is 0 Å². The average molecular weight is 441 g/mol. The van der Waals surface area contributed by atoms with Crippen LogP contribution in [0.5, 0.6) is 5.75 Å². The number of H-pyrrole nitrogens is 1. The van der Waals surface area contributed by atoms with Crippen molar-refractivity contribution in [3.8, 4) is 17.3 Å². The Morgan fingerprint density at radius 3 is 2.73 bits per heavy atom. The van der Waals surface area contributed by atoms with Gasteiger partial charge in [0.1, 0.15) is 18.1 Å². The zero-order valence-corrected chi connectivity index (χ0v) is 18.1. The predicted octanol–water partition coefficient (Wildman–Crippen LogP) is 4.96. The zero-order chi connectivity index (χ0) is 22.9. The number of carbonyl (C=O) groups is 1. The summed E-state index contributed by atoms with van der Waals surface area (Å²) in [6.07, 6.45) is 9.14. The van der Waals surface area contributed by atoms with Crippen LogP contribution < -0.4 is 10.1 Å². The van der Waals surface area contributed by atoms with E-state index in [4.69, 9.17) is 4.74 Å². The first kappa shape index (κ1) is 21.9. The first-order chi connectivity index (χ1) is 16.2. The largest absolute Gasteiger partial charge is 0.490 e. The van der Waals surface area contributed by atoms with Crippen molar-refractivity contribution in [2.24, 2.45) is 0 Å². The van der Waals surface area contributed by atoms with Crippen LogP contribution in [-0.4, -0.2) is 38.1 Å². The quantitative estimate of drug-likeness (QED) is 0.267. The van der Waals surface area contributed by atoms with Crippen LogP contribution in [0.2, 0.25) is 0 Å². The molecule has 2 N–H and O–H groups in total. The summed E-state index contributed by atoms with van der Waals surface area (Å²) in [7, 11) is 0. The second-order valence-electron chi connectivity index (χ2n) is 7.29. The first-order valence-electron chi connectivity index (χ1n) is 10.7. The van der Waals surface area contributed by atoms with Crippen LogP contribution in [-0.2, 0) is 0 Å². The summed E-state index contributed by atoms with van der Waals surface area (Å²) >= 11 is 0. The highest BCUT2D eigenvalue weighted by Gasteiger charge is 2.12. The number of benzene rings is 2. The number of fused-ring (bicyclic) bond motifs is 1. The molecule has 0 fully saturated rings. The number of aromatic nitrogens is 5. The molecule has 2 heterocycles. The van der Waals surface area contributed by atoms with Crippen molar-refractivity contribution in [2.75, 3.05) is 11.9 Å². The van der Waals surface area contributed by atoms with Crippen molar-refractivity contribution in [3.05, 3.63) is 85.0 Å². The van der Waals surface area contributed by atoms with E-state index in [0.29, 0.717) is 40.6 Å². The summed E-state index contributed by atoms with van der Waals surface area (Å²) in [5, 5.41) is 17.8. The molecule has 0 saturated heterocycles. The Labute approximate surface area is 191 Å². The number of unbranched alkanes of at least 4 members (excludes halogenated alkanes) is 2. The molecule has 8 nitrogen and oxygen atoms in total. The second kappa shape index (κ2) is 10.8. The molecule has 0 aliphatic heterocycles. The third-order valence-corrected chi connectivity index (χ3v) is 4.95. The van der Waals surface area contributed by atoms with Crippen molar-refractivity contribution in [1.82, 2.24) is 25.6 Å². The number of para-hydroxylation sites is 1. The molecule has 0 unspecified atom stereocenters. The minimum atomic E-state index is -0.233. The molecule has 1 amide bonds. The average Bonchev–Trinajstić information content (AvgIpc) is 3.39. The number of ether oxygens (including phenoxy) is 1. The lowest BCUT2D eigenvalue weighted by molar-refractivity contribution is 0.102. The molecular formula is C25H24N6O2. The highest BCUT2D eigenvalue weighted by atomic mass is 16.5. The Morgan fingerprint density at radius 1 is 1.06 bits per heavy atom. The van der Waals surface area contributed by atoms with Gasteiger partial charge in [0.25, 0.3) is 5.91 Å². The van der Waals surface area contributed by atoms with Gasteiger partial charge in [0.2, 0.25) is 5.82 Å². The van der Waals surface area contributed by atoms with E-state index in [1.165, 1.54) is 0 Å². The summed E-state index contributed by atoms with van der Waals surface area (Å²) in [5.74, 6) is 0.863. The molecule has 0 aliphatic carbocycles. The molecule has 166 valence electrons. The maximum absolute atomic E-state index is 12.8. The highest BCUT2D eigenvalue weighted by molar-refractivity contribution is 6.08. The summed E-state index contributed by atoms with van der Waals surface area (Å²) in [6.45, 7) is 4.21. The van der Waals surface area contributed by atoms with Crippen LogP contribution in [0.25, 0.3) is 22.4 Å². The van der Waals surface area contributed by atoms with Crippen molar-refractivity contribution in [1.29, 1.82) is 0 Å². The third-order valence-electron chi connectivity index (χ3n) is 4.95. The zero-order valence-electron chi connectivity index (χ0n) is 18.1. The molecule has 33 heavy (non-hydrogen) atoms. The van der Waals surface area contributed by atoms with E-state index in [-0.39, 0.29) is 5.91 Å². The minimum Gasteiger partial charge on any atom is -0.490 e. The number of carbonyl (C=O) groups excluding carboxylic acids is 1. The lowest BCUT2D eigenvalue weighted by Gasteiger charge is -2.10. The van der Waals surface area contributed by atoms with Gasteiger partial charge in [-0.2, -0.15) is 5.21 Å². The van der Waals surface area contributed by atoms with Gasteiger partial charge in [-0.1, -0.05) is 36.4 Å². The van der Waals surface area contributed by atoms with Gasteiger partial charge in [-0.25, -0.2) is 4.98 Å². The number of nitrogens with zero attached hydrogens (tertiary/aromatic N) is 4. The lowest BCUT2D eigenvalue weighted by Crippen LogP contribution is -2.12. The van der Waals surface area contributed by atoms with E-state index in [9.17, 15) is 4.79 Å². The Kier molecular flexibility index (Phi) is 7.17. The topological polar surface area (TPSA) is 106 Å². The fourth-order valence-electron chi connectivity index (χ4n) is 3.25. The van der Waals surface area contributed by atoms with Crippen LogP contribution in [0.15, 0.2) is 79.4 Å². The molecule has 0 bridgehead atoms. The van der Waals surface area contributed by atoms with E-state index < -0.39 is 0 Å². The van der Waals surface area contributed by atoms with Crippen LogP contribution in [0.4, 0.5) is 5.69 Å². The fraction of sp³-hybridized carbons (Fsp3) is 0.160. The Morgan fingerprint density at radius 2 is 1.94 bits per heavy atom. The van der Waals surface area contributed by atoms with Crippen molar-refractivity contribution >= 4 is 22.5 Å². The van der Waals surface area contributed by atoms with Crippen molar-refractivity contribution in [3.63, 3.8) is 0 Å². The van der Waals surface area contributed by atoms with Crippen molar-refractivity contribution in [2.45, 2.75) is 19.3 Å². The molecule has 0 radical (unpaired) electrons. The predicted molar refractivity (Wildman–Crippen MR) is 128 cm³/mol. The number of amides is 1. The smallest absolute Gasteiger partial charge is 0.255 e. The van der Waals surface area contributed by atoms with Gasteiger partial charge in [-0.3, -0.25) is 4.79 Å². The first-order valence-corrected chi connectivity index (χ1v) is 10.7. The molecule has 4 aromatic rings. The summed E-state index contributed by atoms with van der Waals surface area (Å²) in [4.78, 5) is 17.4. The summed E-state index contributed by atoms with van der Waals surface area (Å²) < 4.78 is 5.70. The van der Waals surface area contributed by atoms with E-state index in [0.717, 1.165) is 24.6 Å². The van der Waals surface area contributed by atoms with Gasteiger partial charge < -0.3 is 10.1 Å². The van der Waals surface area contributed by atoms with Gasteiger partial charge >= 0.3 is 0 Å². The number of tetrazole rings is 1. The van der Waals surface area contributed by atoms with Crippen LogP contribution >= 0.6 is 0 Å². The third kappa shape index (κ3) is 5.68. The number of hydrogen-bond acceptors (Lipinski definition) is 6. The fourth-order valence-corrected chi connectivity index (χ4v) is 3.25. The van der Waals surface area contributed by atoms with E-state index in [1.807, 2.05) is 42.5 Å². The van der Waals surface area contributed by atoms with Crippen LogP contribution in [0, 0.1) is 0 Å². The molecule has 2 aromatic carbocycles. The van der Waals surface area contributed by atoms with Gasteiger partial charge in [0, 0.05) is 10.9 Å². The molecule has 4 rings (SSSR count). The molecule has 0 atom stereocenters. The molecule has 0 saturated carbocycles. The van der Waals surface area contributed by atoms with Crippen LogP contribution in [0.3, 0.4) is 0 Å². The van der Waals surface area contributed by atoms with Gasteiger partial charge in [-0.15, -0.1) is 16.8 Å². The van der Waals surface area contributed by atoms with Gasteiger partial charge in [0.05, 0.1) is 11.2 Å². The number of rotatable bonds is 10. The molecule has 0 spiro atoms. The Bertz CT molecular complexity index is 1250. The minimum absolute atomic E-state index is 0.233. The standard InChI is InChI=1S/C25H24N6O2/c1-2-3-4-5-6-7-17-33-20-14-11-19(12-15-20)25(32)27-21-10-8-9-18-13-16-22(26-23(18)21)24-28-30-31-29-24/h2,6-16H,1,3-5,17H2,(H,27,32)(H,28,29,30,31). The molecule has 0 aliphatic rings. The Hall–Kier alpha value is -4.33. The number of hydrogen-bond donors (Lipinski definition) is 2. The highest BCUT2D eigenvalue weighted by Crippen LogP contribution is 2.25. The monoisotopic (exact) mass is 440 g/mol. The molecular weight excluding hydrogens is 416 g/mol. The van der Waals surface area contributed by atoms with Gasteiger partial charge in [-0.05, 0) is 60.9 Å². The lowest BCUT2D eigenvalue weighted by atomic mass is 10.1. The summed E-state index contributed by atoms with van der Waals surface area (Å²) in [6, 6.07) is 16.4. The second-order valence-corrected chi connectivity index (χ2v) is 7.29. The summed E-state index contributed by atoms with van der Waals surface area (Å²) in [5.41, 5.74) is 2.33. The number of pyridine rings is 1. The maximum atomic E-state index is 12.8. The number of nitrogens with one attached hydrogen (secondary N) is 2. The molecule has 2 aromatic heterocycles. The SMILES string of the molecule is C=CCCCC=CCOc1ccc(C(=O)Nc2cccc3ccc(-c4nn[nH]n4)nc23)cc1. The van der Waals surface area contributed by atoms with Crippen LogP contribution in [0.1, 0.15) is 29.6 Å². The Balaban J connectivity index is 1.41. The number of anilines is 1. The van der Waals surface area contributed by atoms with E-state index >= 15 is 0 Å². The number of allylic oxidation sites excluding steroid dienone is 2. The maximum Gasteiger partial charge on any atom is 0.255 e. The number of aromatic amines is 1. The van der Waals surface area contributed by atoms with Crippen molar-refractivity contribution < 1.29 is 9.53 Å². The molecule has 8 heteroatoms.